The van der Waals surface area contributed by atoms with Crippen LogP contribution in [0, 0.1) is 19.3 Å². The fourth-order valence-electron chi connectivity index (χ4n) is 5.66. The molecule has 220 valence electrons. The summed E-state index contributed by atoms with van der Waals surface area (Å²) in [6, 6.07) is 5.48. The molecule has 2 aromatic heterocycles. The van der Waals surface area contributed by atoms with Gasteiger partial charge in [0.2, 0.25) is 0 Å². The molecule has 41 heavy (non-hydrogen) atoms. The van der Waals surface area contributed by atoms with E-state index in [1.807, 2.05) is 24.8 Å². The predicted octanol–water partition coefficient (Wildman–Crippen LogP) is 6.24. The van der Waals surface area contributed by atoms with Crippen LogP contribution >= 0.6 is 11.3 Å². The third-order valence-corrected chi connectivity index (χ3v) is 9.55. The Morgan fingerprint density at radius 2 is 1.73 bits per heavy atom. The fraction of sp³-hybridized carbons (Fsp3) is 0.517. The van der Waals surface area contributed by atoms with E-state index in [2.05, 4.69) is 15.5 Å². The molecule has 0 saturated carbocycles. The second-order valence-corrected chi connectivity index (χ2v) is 12.2. The molecule has 2 fully saturated rings. The van der Waals surface area contributed by atoms with Crippen LogP contribution in [-0.2, 0) is 10.9 Å². The number of fused-ring (bicyclic) bond motifs is 1. The number of ether oxygens (including phenoxy) is 1. The van der Waals surface area contributed by atoms with E-state index in [-0.39, 0.29) is 17.4 Å². The van der Waals surface area contributed by atoms with Gasteiger partial charge < -0.3 is 19.9 Å². The smallest absolute Gasteiger partial charge is 0.378 e. The molecule has 2 aliphatic heterocycles. The normalized spacial score (nSPS) is 18.4. The van der Waals surface area contributed by atoms with Gasteiger partial charge in [0.15, 0.2) is 11.6 Å². The molecule has 1 N–H and O–H groups in total. The van der Waals surface area contributed by atoms with Crippen LogP contribution in [0.5, 0.6) is 0 Å². The topological polar surface area (TPSA) is 87.7 Å². The molecule has 12 heteroatoms. The molecule has 2 aliphatic rings. The van der Waals surface area contributed by atoms with Crippen molar-refractivity contribution in [3.63, 3.8) is 0 Å². The van der Waals surface area contributed by atoms with Gasteiger partial charge in [0.05, 0.1) is 40.1 Å². The van der Waals surface area contributed by atoms with E-state index in [9.17, 15) is 22.8 Å². The highest BCUT2D eigenvalue weighted by Gasteiger charge is 2.40. The van der Waals surface area contributed by atoms with Crippen molar-refractivity contribution in [1.29, 1.82) is 0 Å². The lowest BCUT2D eigenvalue weighted by atomic mass is 9.76. The fourth-order valence-corrected chi connectivity index (χ4v) is 6.85. The van der Waals surface area contributed by atoms with Crippen LogP contribution < -0.4 is 5.32 Å². The number of likely N-dealkylation sites (tertiary alicyclic amines) is 1. The lowest BCUT2D eigenvalue weighted by Gasteiger charge is -2.40. The maximum absolute atomic E-state index is 13.8. The Labute approximate surface area is 240 Å². The highest BCUT2D eigenvalue weighted by Crippen LogP contribution is 2.41. The number of carbonyl (C=O) groups excluding carboxylic acids is 2. The summed E-state index contributed by atoms with van der Waals surface area (Å²) in [6.45, 7) is 10.3. The van der Waals surface area contributed by atoms with Gasteiger partial charge in [-0.1, -0.05) is 19.1 Å². The predicted molar refractivity (Wildman–Crippen MR) is 151 cm³/mol. The number of carbonyl (C=O) groups is 2. The number of hydrogen-bond acceptors (Lipinski definition) is 7. The zero-order chi connectivity index (χ0) is 29.5. The number of morpholine rings is 1. The molecule has 8 nitrogen and oxygen atoms in total. The number of Topliss-reactive ketones (excluding diaryl/α,β-unsaturated/α-hetero) is 1. The van der Waals surface area contributed by atoms with Crippen molar-refractivity contribution in [2.45, 2.75) is 52.8 Å². The van der Waals surface area contributed by atoms with Gasteiger partial charge >= 0.3 is 12.2 Å². The molecule has 0 aliphatic carbocycles. The van der Waals surface area contributed by atoms with Crippen molar-refractivity contribution in [1.82, 2.24) is 20.0 Å². The van der Waals surface area contributed by atoms with Crippen molar-refractivity contribution in [3.8, 4) is 0 Å². The number of nitrogens with zero attached hydrogens (tertiary/aromatic N) is 4. The second kappa shape index (κ2) is 11.2. The summed E-state index contributed by atoms with van der Waals surface area (Å²) in [5.41, 5.74) is 0.0522. The summed E-state index contributed by atoms with van der Waals surface area (Å²) in [5.74, 6) is 0.436. The van der Waals surface area contributed by atoms with Gasteiger partial charge in [0.25, 0.3) is 0 Å². The number of thiophene rings is 1. The molecule has 0 radical (unpaired) electrons. The number of aryl methyl sites for hydroxylation is 1. The molecule has 3 aromatic rings. The Hall–Kier alpha value is -3.25. The van der Waals surface area contributed by atoms with Crippen LogP contribution in [0.1, 0.15) is 64.8 Å². The van der Waals surface area contributed by atoms with Crippen molar-refractivity contribution >= 4 is 39.1 Å². The van der Waals surface area contributed by atoms with E-state index < -0.39 is 23.2 Å². The number of ketones is 1. The van der Waals surface area contributed by atoms with Crippen LogP contribution in [0.25, 0.3) is 10.1 Å². The highest BCUT2D eigenvalue weighted by molar-refractivity contribution is 7.21. The molecule has 5 rings (SSSR count). The Kier molecular flexibility index (Phi) is 7.99. The first kappa shape index (κ1) is 29.2. The summed E-state index contributed by atoms with van der Waals surface area (Å²) in [7, 11) is 0. The van der Waals surface area contributed by atoms with E-state index in [1.54, 1.807) is 17.9 Å². The molecule has 1 aromatic carbocycles. The number of nitrogens with one attached hydrogen (secondary N) is 1. The van der Waals surface area contributed by atoms with Crippen LogP contribution in [0.15, 0.2) is 24.3 Å². The van der Waals surface area contributed by atoms with Crippen LogP contribution in [0.3, 0.4) is 0 Å². The number of benzene rings is 1. The first-order valence-corrected chi connectivity index (χ1v) is 14.6. The van der Waals surface area contributed by atoms with Gasteiger partial charge in [-0.3, -0.25) is 4.79 Å². The first-order valence-electron chi connectivity index (χ1n) is 13.8. The number of alkyl halides is 3. The molecule has 0 spiro atoms. The molecule has 2 amide bonds. The van der Waals surface area contributed by atoms with Crippen LogP contribution in [0.2, 0.25) is 0 Å². The van der Waals surface area contributed by atoms with E-state index in [0.29, 0.717) is 79.6 Å². The minimum Gasteiger partial charge on any atom is -0.378 e. The first-order chi connectivity index (χ1) is 19.4. The number of rotatable bonds is 5. The maximum atomic E-state index is 13.8. The number of piperidine rings is 1. The lowest BCUT2D eigenvalue weighted by molar-refractivity contribution is -0.138. The quantitative estimate of drug-likeness (QED) is 0.355. The number of aromatic nitrogens is 2. The number of hydrogen-bond donors (Lipinski definition) is 1. The van der Waals surface area contributed by atoms with Crippen LogP contribution in [0.4, 0.5) is 23.8 Å². The molecule has 1 atom stereocenters. The van der Waals surface area contributed by atoms with E-state index in [1.165, 1.54) is 24.3 Å². The molecular weight excluding hydrogens is 555 g/mol. The number of anilines is 1. The maximum Gasteiger partial charge on any atom is 0.416 e. The minimum atomic E-state index is -4.44. The Morgan fingerprint density at radius 3 is 2.39 bits per heavy atom. The van der Waals surface area contributed by atoms with Gasteiger partial charge in [-0.15, -0.1) is 16.4 Å². The largest absolute Gasteiger partial charge is 0.416 e. The van der Waals surface area contributed by atoms with E-state index >= 15 is 0 Å². The zero-order valence-electron chi connectivity index (χ0n) is 23.6. The summed E-state index contributed by atoms with van der Waals surface area (Å²) in [4.78, 5) is 30.9. The van der Waals surface area contributed by atoms with Gasteiger partial charge in [0.1, 0.15) is 0 Å². The average molecular weight is 590 g/mol. The molecule has 0 bridgehead atoms. The van der Waals surface area contributed by atoms with Crippen molar-refractivity contribution < 1.29 is 27.5 Å². The number of halogens is 3. The van der Waals surface area contributed by atoms with Crippen molar-refractivity contribution in [2.24, 2.45) is 5.41 Å². The monoisotopic (exact) mass is 589 g/mol. The Bertz CT molecular complexity index is 1460. The van der Waals surface area contributed by atoms with Gasteiger partial charge in [-0.2, -0.15) is 18.3 Å². The Morgan fingerprint density at radius 1 is 1.07 bits per heavy atom. The van der Waals surface area contributed by atoms with Gasteiger partial charge in [0, 0.05) is 37.0 Å². The summed E-state index contributed by atoms with van der Waals surface area (Å²) in [5, 5.41) is 12.5. The van der Waals surface area contributed by atoms with E-state index in [0.717, 1.165) is 10.8 Å². The SMILES string of the molecule is Cc1c([C@@H](C)Nc2nnc(C)c3sc(C(=O)C4(C)CCN(C(=O)N5CCOCC5)CC4)cc23)cccc1C(F)(F)F. The highest BCUT2D eigenvalue weighted by atomic mass is 32.1. The Balaban J connectivity index is 1.35. The molecular formula is C29H34F3N5O3S. The lowest BCUT2D eigenvalue weighted by Crippen LogP contribution is -2.52. The number of amides is 2. The van der Waals surface area contributed by atoms with E-state index in [4.69, 9.17) is 4.74 Å². The third-order valence-electron chi connectivity index (χ3n) is 8.31. The van der Waals surface area contributed by atoms with Gasteiger partial charge in [-0.25, -0.2) is 4.79 Å². The average Bonchev–Trinajstić information content (AvgIpc) is 3.41. The molecule has 2 saturated heterocycles. The molecule has 4 heterocycles. The zero-order valence-corrected chi connectivity index (χ0v) is 24.4. The van der Waals surface area contributed by atoms with Crippen molar-refractivity contribution in [3.05, 3.63) is 51.5 Å². The summed E-state index contributed by atoms with van der Waals surface area (Å²) >= 11 is 1.36. The second-order valence-electron chi connectivity index (χ2n) is 11.1. The molecule has 0 unspecified atom stereocenters. The third kappa shape index (κ3) is 5.76. The minimum absolute atomic E-state index is 0.00159. The van der Waals surface area contributed by atoms with Gasteiger partial charge in [-0.05, 0) is 56.9 Å². The summed E-state index contributed by atoms with van der Waals surface area (Å²) < 4.78 is 46.6. The summed E-state index contributed by atoms with van der Waals surface area (Å²) in [6.07, 6.45) is -3.33. The van der Waals surface area contributed by atoms with Crippen molar-refractivity contribution in [2.75, 3.05) is 44.7 Å². The standard InChI is InChI=1S/C29H34F3N5O3S/c1-17-20(6-5-7-22(17)29(30,31)32)18(2)33-26-21-16-23(41-24(21)19(3)34-35-26)25(38)28(4)8-10-36(11-9-28)27(39)37-12-14-40-15-13-37/h5-7,16,18H,8-15H2,1-4H3,(H,33,35)/t18-/m1/s1. The van der Waals surface area contributed by atoms with Crippen LogP contribution in [-0.4, -0.2) is 71.2 Å². The number of urea groups is 1.